The second kappa shape index (κ2) is 8.04. The van der Waals surface area contributed by atoms with Crippen molar-refractivity contribution in [1.82, 2.24) is 0 Å². The fourth-order valence-electron chi connectivity index (χ4n) is 1.99. The Balaban J connectivity index is 0.000000211. The van der Waals surface area contributed by atoms with Crippen LogP contribution in [0.1, 0.15) is 31.4 Å². The van der Waals surface area contributed by atoms with Gasteiger partial charge in [0.25, 0.3) is 0 Å². The van der Waals surface area contributed by atoms with Crippen molar-refractivity contribution in [3.05, 3.63) is 47.5 Å². The van der Waals surface area contributed by atoms with Crippen molar-refractivity contribution in [3.8, 4) is 23.0 Å². The summed E-state index contributed by atoms with van der Waals surface area (Å²) in [4.78, 5) is 0. The summed E-state index contributed by atoms with van der Waals surface area (Å²) in [6.45, 7) is 3.89. The first-order chi connectivity index (χ1) is 10.0. The Morgan fingerprint density at radius 3 is 1.33 bits per heavy atom. The molecule has 2 rings (SSSR count). The van der Waals surface area contributed by atoms with Crippen LogP contribution in [-0.4, -0.2) is 20.4 Å². The normalized spacial score (nSPS) is 9.81. The van der Waals surface area contributed by atoms with Gasteiger partial charge in [0, 0.05) is 11.1 Å². The van der Waals surface area contributed by atoms with Gasteiger partial charge in [0.15, 0.2) is 0 Å². The summed E-state index contributed by atoms with van der Waals surface area (Å²) in [6, 6.07) is 9.56. The molecule has 0 aliphatic carbocycles. The number of phenolic OH excluding ortho intramolecular Hbond substituents is 4. The lowest BCUT2D eigenvalue weighted by Crippen LogP contribution is -1.84. The maximum atomic E-state index is 9.26. The molecular formula is C17H22O4. The van der Waals surface area contributed by atoms with Crippen LogP contribution < -0.4 is 0 Å². The SMILES string of the molecule is CCCc1c(O)cccc1O.CCc1c(O)cccc1O. The van der Waals surface area contributed by atoms with E-state index >= 15 is 0 Å². The van der Waals surface area contributed by atoms with Gasteiger partial charge in [-0.15, -0.1) is 0 Å². The summed E-state index contributed by atoms with van der Waals surface area (Å²) in [6.07, 6.45) is 2.29. The molecule has 0 unspecified atom stereocenters. The minimum Gasteiger partial charge on any atom is -0.508 e. The zero-order valence-electron chi connectivity index (χ0n) is 12.4. The lowest BCUT2D eigenvalue weighted by molar-refractivity contribution is 0.437. The van der Waals surface area contributed by atoms with Gasteiger partial charge in [-0.3, -0.25) is 0 Å². The smallest absolute Gasteiger partial charge is 0.122 e. The maximum Gasteiger partial charge on any atom is 0.122 e. The molecule has 0 saturated carbocycles. The van der Waals surface area contributed by atoms with Crippen LogP contribution in [0.3, 0.4) is 0 Å². The Labute approximate surface area is 124 Å². The number of hydrogen-bond acceptors (Lipinski definition) is 4. The summed E-state index contributed by atoms with van der Waals surface area (Å²) in [5.74, 6) is 0.712. The van der Waals surface area contributed by atoms with Crippen LogP contribution in [0.5, 0.6) is 23.0 Å². The molecule has 0 aliphatic rings. The Hall–Kier alpha value is -2.36. The molecule has 2 aromatic carbocycles. The standard InChI is InChI=1S/C9H12O2.C8H10O2/c1-2-4-7-8(10)5-3-6-9(7)11;1-2-6-7(9)4-3-5-8(6)10/h3,5-6,10-11H,2,4H2,1H3;3-5,9-10H,2H2,1H3. The summed E-state index contributed by atoms with van der Waals surface area (Å²) < 4.78 is 0. The second-order valence-electron chi connectivity index (χ2n) is 4.65. The maximum absolute atomic E-state index is 9.26. The lowest BCUT2D eigenvalue weighted by Gasteiger charge is -2.03. The van der Waals surface area contributed by atoms with Gasteiger partial charge in [-0.1, -0.05) is 32.4 Å². The van der Waals surface area contributed by atoms with E-state index in [1.807, 2.05) is 13.8 Å². The van der Waals surface area contributed by atoms with E-state index in [2.05, 4.69) is 0 Å². The minimum atomic E-state index is 0.169. The number of aromatic hydroxyl groups is 4. The van der Waals surface area contributed by atoms with Gasteiger partial charge in [0.05, 0.1) is 0 Å². The third-order valence-electron chi connectivity index (χ3n) is 3.11. The Morgan fingerprint density at radius 2 is 1.05 bits per heavy atom. The van der Waals surface area contributed by atoms with E-state index in [0.29, 0.717) is 17.5 Å². The van der Waals surface area contributed by atoms with Crippen LogP contribution >= 0.6 is 0 Å². The second-order valence-corrected chi connectivity index (χ2v) is 4.65. The van der Waals surface area contributed by atoms with E-state index in [4.69, 9.17) is 10.2 Å². The molecule has 0 spiro atoms. The average Bonchev–Trinajstić information content (AvgIpc) is 2.44. The van der Waals surface area contributed by atoms with Gasteiger partial charge in [0.1, 0.15) is 23.0 Å². The van der Waals surface area contributed by atoms with Crippen molar-refractivity contribution < 1.29 is 20.4 Å². The van der Waals surface area contributed by atoms with Crippen LogP contribution in [0.4, 0.5) is 0 Å². The zero-order chi connectivity index (χ0) is 15.8. The largest absolute Gasteiger partial charge is 0.508 e. The van der Waals surface area contributed by atoms with Crippen molar-refractivity contribution in [1.29, 1.82) is 0 Å². The number of benzene rings is 2. The van der Waals surface area contributed by atoms with Crippen molar-refractivity contribution >= 4 is 0 Å². The fourth-order valence-corrected chi connectivity index (χ4v) is 1.99. The van der Waals surface area contributed by atoms with Gasteiger partial charge >= 0.3 is 0 Å². The van der Waals surface area contributed by atoms with Crippen LogP contribution in [0, 0.1) is 0 Å². The molecular weight excluding hydrogens is 268 g/mol. The molecule has 0 fully saturated rings. The lowest BCUT2D eigenvalue weighted by atomic mass is 10.1. The molecule has 4 nitrogen and oxygen atoms in total. The highest BCUT2D eigenvalue weighted by atomic mass is 16.3. The summed E-state index contributed by atoms with van der Waals surface area (Å²) >= 11 is 0. The third kappa shape index (κ3) is 4.60. The van der Waals surface area contributed by atoms with E-state index < -0.39 is 0 Å². The van der Waals surface area contributed by atoms with E-state index in [9.17, 15) is 10.2 Å². The monoisotopic (exact) mass is 290 g/mol. The molecule has 0 saturated heterocycles. The minimum absolute atomic E-state index is 0.169. The molecule has 0 bridgehead atoms. The first-order valence-electron chi connectivity index (χ1n) is 7.00. The Kier molecular flexibility index (Phi) is 6.40. The molecule has 114 valence electrons. The molecule has 4 N–H and O–H groups in total. The van der Waals surface area contributed by atoms with E-state index in [1.165, 1.54) is 0 Å². The molecule has 0 amide bonds. The summed E-state index contributed by atoms with van der Waals surface area (Å²) in [5, 5.41) is 36.8. The van der Waals surface area contributed by atoms with Gasteiger partial charge in [-0.25, -0.2) is 0 Å². The summed E-state index contributed by atoms with van der Waals surface area (Å²) in [5.41, 5.74) is 1.26. The van der Waals surface area contributed by atoms with Gasteiger partial charge in [-0.05, 0) is 37.1 Å². The fraction of sp³-hybridized carbons (Fsp3) is 0.294. The van der Waals surface area contributed by atoms with Gasteiger partial charge in [0.2, 0.25) is 0 Å². The molecule has 0 radical (unpaired) electrons. The summed E-state index contributed by atoms with van der Waals surface area (Å²) in [7, 11) is 0. The van der Waals surface area contributed by atoms with E-state index in [1.54, 1.807) is 36.4 Å². The molecule has 2 aromatic rings. The Morgan fingerprint density at radius 1 is 0.667 bits per heavy atom. The topological polar surface area (TPSA) is 80.9 Å². The number of rotatable bonds is 3. The van der Waals surface area contributed by atoms with Crippen molar-refractivity contribution in [3.63, 3.8) is 0 Å². The highest BCUT2D eigenvalue weighted by Gasteiger charge is 2.04. The highest BCUT2D eigenvalue weighted by molar-refractivity contribution is 5.43. The molecule has 0 aromatic heterocycles. The molecule has 0 heterocycles. The number of hydrogen-bond donors (Lipinski definition) is 4. The van der Waals surface area contributed by atoms with Crippen molar-refractivity contribution in [2.24, 2.45) is 0 Å². The third-order valence-corrected chi connectivity index (χ3v) is 3.11. The Bertz CT molecular complexity index is 538. The van der Waals surface area contributed by atoms with E-state index in [0.717, 1.165) is 12.8 Å². The zero-order valence-corrected chi connectivity index (χ0v) is 12.4. The molecule has 0 aliphatic heterocycles. The predicted molar refractivity (Wildman–Crippen MR) is 82.9 cm³/mol. The van der Waals surface area contributed by atoms with Gasteiger partial charge < -0.3 is 20.4 Å². The molecule has 21 heavy (non-hydrogen) atoms. The highest BCUT2D eigenvalue weighted by Crippen LogP contribution is 2.27. The molecule has 4 heteroatoms. The van der Waals surface area contributed by atoms with E-state index in [-0.39, 0.29) is 23.0 Å². The first-order valence-corrected chi connectivity index (χ1v) is 7.00. The van der Waals surface area contributed by atoms with Crippen LogP contribution in [0.15, 0.2) is 36.4 Å². The quantitative estimate of drug-likeness (QED) is 0.694. The van der Waals surface area contributed by atoms with Crippen LogP contribution in [0.2, 0.25) is 0 Å². The van der Waals surface area contributed by atoms with Crippen molar-refractivity contribution in [2.45, 2.75) is 33.1 Å². The molecule has 0 atom stereocenters. The van der Waals surface area contributed by atoms with Crippen LogP contribution in [-0.2, 0) is 12.8 Å². The van der Waals surface area contributed by atoms with Crippen LogP contribution in [0.25, 0.3) is 0 Å². The van der Waals surface area contributed by atoms with Crippen molar-refractivity contribution in [2.75, 3.05) is 0 Å². The number of phenols is 4. The average molecular weight is 290 g/mol. The first kappa shape index (κ1) is 16.7. The van der Waals surface area contributed by atoms with Gasteiger partial charge in [-0.2, -0.15) is 0 Å². The predicted octanol–water partition coefficient (Wildman–Crippen LogP) is 3.71.